The van der Waals surface area contributed by atoms with Crippen LogP contribution in [0, 0.1) is 5.92 Å². The maximum absolute atomic E-state index is 11.8. The Morgan fingerprint density at radius 2 is 2.40 bits per heavy atom. The summed E-state index contributed by atoms with van der Waals surface area (Å²) in [6, 6.07) is 5.34. The van der Waals surface area contributed by atoms with Crippen molar-refractivity contribution in [3.05, 3.63) is 29.7 Å². The molecule has 0 aliphatic carbocycles. The van der Waals surface area contributed by atoms with Crippen LogP contribution in [0.2, 0.25) is 0 Å². The molecular weight excluding hydrogens is 258 g/mol. The van der Waals surface area contributed by atoms with Crippen LogP contribution >= 0.6 is 0 Å². The Kier molecular flexibility index (Phi) is 3.64. The van der Waals surface area contributed by atoms with Gasteiger partial charge in [-0.15, -0.1) is 10.2 Å². The van der Waals surface area contributed by atoms with Gasteiger partial charge in [0, 0.05) is 19.6 Å². The Bertz CT molecular complexity index is 617. The third-order valence-electron chi connectivity index (χ3n) is 3.62. The van der Waals surface area contributed by atoms with Gasteiger partial charge < -0.3 is 9.47 Å². The lowest BCUT2D eigenvalue weighted by Crippen LogP contribution is -2.21. The zero-order chi connectivity index (χ0) is 13.9. The molecule has 0 bridgehead atoms. The van der Waals surface area contributed by atoms with Crippen LogP contribution in [0.25, 0.3) is 5.65 Å². The van der Waals surface area contributed by atoms with Crippen LogP contribution in [0.15, 0.2) is 18.2 Å². The number of nitrogens with zero attached hydrogens (tertiary/aromatic N) is 3. The van der Waals surface area contributed by atoms with E-state index in [1.165, 1.54) is 7.11 Å². The third-order valence-corrected chi connectivity index (χ3v) is 3.62. The maximum atomic E-state index is 11.8. The van der Waals surface area contributed by atoms with Gasteiger partial charge in [0.2, 0.25) is 0 Å². The molecule has 3 rings (SSSR count). The van der Waals surface area contributed by atoms with E-state index in [9.17, 15) is 4.79 Å². The molecule has 0 spiro atoms. The van der Waals surface area contributed by atoms with E-state index < -0.39 is 0 Å². The fourth-order valence-corrected chi connectivity index (χ4v) is 2.62. The number of esters is 1. The van der Waals surface area contributed by atoms with E-state index in [1.807, 2.05) is 6.07 Å². The molecule has 0 aromatic carbocycles. The largest absolute Gasteiger partial charge is 0.464 e. The maximum Gasteiger partial charge on any atom is 0.355 e. The van der Waals surface area contributed by atoms with E-state index in [1.54, 1.807) is 16.5 Å². The number of carbonyl (C=O) groups is 1. The SMILES string of the molecule is COC(=O)c1cccc2nnc(CC3CCCOC3)n12. The van der Waals surface area contributed by atoms with Crippen LogP contribution in [-0.2, 0) is 15.9 Å². The molecular formula is C14H17N3O3. The molecule has 3 heterocycles. The van der Waals surface area contributed by atoms with E-state index >= 15 is 0 Å². The fraction of sp³-hybridized carbons (Fsp3) is 0.500. The van der Waals surface area contributed by atoms with E-state index in [2.05, 4.69) is 10.2 Å². The van der Waals surface area contributed by atoms with Gasteiger partial charge in [0.25, 0.3) is 0 Å². The predicted octanol–water partition coefficient (Wildman–Crippen LogP) is 1.48. The molecule has 1 aliphatic heterocycles. The molecule has 0 N–H and O–H groups in total. The van der Waals surface area contributed by atoms with Crippen LogP contribution in [0.4, 0.5) is 0 Å². The highest BCUT2D eigenvalue weighted by Crippen LogP contribution is 2.19. The van der Waals surface area contributed by atoms with Crippen molar-refractivity contribution in [2.75, 3.05) is 20.3 Å². The number of hydrogen-bond donors (Lipinski definition) is 0. The summed E-state index contributed by atoms with van der Waals surface area (Å²) in [7, 11) is 1.38. The quantitative estimate of drug-likeness (QED) is 0.794. The highest BCUT2D eigenvalue weighted by Gasteiger charge is 2.20. The zero-order valence-electron chi connectivity index (χ0n) is 11.4. The summed E-state index contributed by atoms with van der Waals surface area (Å²) in [4.78, 5) is 11.8. The fourth-order valence-electron chi connectivity index (χ4n) is 2.62. The van der Waals surface area contributed by atoms with E-state index in [-0.39, 0.29) is 5.97 Å². The van der Waals surface area contributed by atoms with Gasteiger partial charge in [0.15, 0.2) is 5.65 Å². The number of carbonyl (C=O) groups excluding carboxylic acids is 1. The molecule has 1 aliphatic rings. The predicted molar refractivity (Wildman–Crippen MR) is 71.6 cm³/mol. The van der Waals surface area contributed by atoms with Crippen LogP contribution in [0.3, 0.4) is 0 Å². The highest BCUT2D eigenvalue weighted by molar-refractivity contribution is 5.88. The molecule has 2 aromatic heterocycles. The molecule has 1 unspecified atom stereocenters. The number of ether oxygens (including phenoxy) is 2. The van der Waals surface area contributed by atoms with Gasteiger partial charge in [-0.25, -0.2) is 4.79 Å². The monoisotopic (exact) mass is 275 g/mol. The first-order valence-electron chi connectivity index (χ1n) is 6.78. The average molecular weight is 275 g/mol. The second kappa shape index (κ2) is 5.58. The number of fused-ring (bicyclic) bond motifs is 1. The van der Waals surface area contributed by atoms with Crippen LogP contribution < -0.4 is 0 Å². The molecule has 0 saturated carbocycles. The van der Waals surface area contributed by atoms with Crippen LogP contribution in [0.1, 0.15) is 29.2 Å². The molecule has 6 nitrogen and oxygen atoms in total. The first-order chi connectivity index (χ1) is 9.79. The second-order valence-electron chi connectivity index (χ2n) is 5.00. The minimum atomic E-state index is -0.378. The van der Waals surface area contributed by atoms with Crippen LogP contribution in [-0.4, -0.2) is 40.9 Å². The Morgan fingerprint density at radius 3 is 3.15 bits per heavy atom. The smallest absolute Gasteiger partial charge is 0.355 e. The van der Waals surface area contributed by atoms with Crippen molar-refractivity contribution in [3.8, 4) is 0 Å². The molecule has 20 heavy (non-hydrogen) atoms. The van der Waals surface area contributed by atoms with Crippen molar-refractivity contribution in [1.29, 1.82) is 0 Å². The normalized spacial score (nSPS) is 19.1. The minimum Gasteiger partial charge on any atom is -0.464 e. The molecule has 1 saturated heterocycles. The molecule has 2 aromatic rings. The van der Waals surface area contributed by atoms with Gasteiger partial charge >= 0.3 is 5.97 Å². The number of rotatable bonds is 3. The minimum absolute atomic E-state index is 0.378. The summed E-state index contributed by atoms with van der Waals surface area (Å²) < 4.78 is 12.1. The van der Waals surface area contributed by atoms with Gasteiger partial charge in [0.1, 0.15) is 11.5 Å². The topological polar surface area (TPSA) is 65.7 Å². The Labute approximate surface area is 116 Å². The van der Waals surface area contributed by atoms with Crippen molar-refractivity contribution < 1.29 is 14.3 Å². The van der Waals surface area contributed by atoms with Crippen molar-refractivity contribution in [2.24, 2.45) is 5.92 Å². The Balaban J connectivity index is 1.96. The van der Waals surface area contributed by atoms with Crippen molar-refractivity contribution in [1.82, 2.24) is 14.6 Å². The Hall–Kier alpha value is -1.95. The molecule has 0 amide bonds. The van der Waals surface area contributed by atoms with Gasteiger partial charge in [-0.2, -0.15) is 0 Å². The first kappa shape index (κ1) is 13.1. The molecule has 1 fully saturated rings. The zero-order valence-corrected chi connectivity index (χ0v) is 11.4. The lowest BCUT2D eigenvalue weighted by Gasteiger charge is -2.21. The summed E-state index contributed by atoms with van der Waals surface area (Å²) in [6.07, 6.45) is 2.95. The van der Waals surface area contributed by atoms with Gasteiger partial charge in [-0.05, 0) is 30.9 Å². The van der Waals surface area contributed by atoms with Gasteiger partial charge in [0.05, 0.1) is 7.11 Å². The number of pyridine rings is 1. The van der Waals surface area contributed by atoms with Crippen molar-refractivity contribution in [2.45, 2.75) is 19.3 Å². The number of aromatic nitrogens is 3. The van der Waals surface area contributed by atoms with E-state index in [0.29, 0.717) is 17.3 Å². The summed E-state index contributed by atoms with van der Waals surface area (Å²) >= 11 is 0. The van der Waals surface area contributed by atoms with Crippen molar-refractivity contribution >= 4 is 11.6 Å². The molecule has 1 atom stereocenters. The lowest BCUT2D eigenvalue weighted by atomic mass is 9.98. The molecule has 0 radical (unpaired) electrons. The lowest BCUT2D eigenvalue weighted by molar-refractivity contribution is 0.0539. The van der Waals surface area contributed by atoms with Gasteiger partial charge in [-0.1, -0.05) is 6.07 Å². The van der Waals surface area contributed by atoms with E-state index in [0.717, 1.165) is 38.3 Å². The molecule has 6 heteroatoms. The standard InChI is InChI=1S/C14H17N3O3/c1-19-14(18)11-5-2-6-12-15-16-13(17(11)12)8-10-4-3-7-20-9-10/h2,5-6,10H,3-4,7-9H2,1H3. The van der Waals surface area contributed by atoms with Crippen molar-refractivity contribution in [3.63, 3.8) is 0 Å². The van der Waals surface area contributed by atoms with Gasteiger partial charge in [-0.3, -0.25) is 4.40 Å². The Morgan fingerprint density at radius 1 is 1.50 bits per heavy atom. The summed E-state index contributed by atoms with van der Waals surface area (Å²) in [5.74, 6) is 0.842. The number of methoxy groups -OCH3 is 1. The third kappa shape index (κ3) is 2.38. The summed E-state index contributed by atoms with van der Waals surface area (Å²) in [5, 5.41) is 8.34. The summed E-state index contributed by atoms with van der Waals surface area (Å²) in [6.45, 7) is 1.58. The van der Waals surface area contributed by atoms with Crippen LogP contribution in [0.5, 0.6) is 0 Å². The molecule has 106 valence electrons. The highest BCUT2D eigenvalue weighted by atomic mass is 16.5. The first-order valence-corrected chi connectivity index (χ1v) is 6.78. The average Bonchev–Trinajstić information content (AvgIpc) is 2.91. The second-order valence-corrected chi connectivity index (χ2v) is 5.00. The van der Waals surface area contributed by atoms with E-state index in [4.69, 9.17) is 9.47 Å². The number of hydrogen-bond acceptors (Lipinski definition) is 5. The summed E-state index contributed by atoms with van der Waals surface area (Å²) in [5.41, 5.74) is 1.13.